The van der Waals surface area contributed by atoms with E-state index in [4.69, 9.17) is 16.3 Å². The molecule has 182 valence electrons. The van der Waals surface area contributed by atoms with E-state index in [1.165, 1.54) is 29.1 Å². The minimum absolute atomic E-state index is 0.264. The standard InChI is InChI=1S/C29H29ClF2N2O/c30-23-7-12-28-26(17-23)20(18-34-28)4-1-2-14-33-15-3-13-29(22-5-8-24(31)9-6-22)27-11-10-25(32)16-21(27)19-35-29/h5-12,16-18,33-34H,1-4,13-15,19H2. The molecule has 6 heteroatoms. The van der Waals surface area contributed by atoms with Crippen molar-refractivity contribution >= 4 is 22.5 Å². The molecular weight excluding hydrogens is 466 g/mol. The monoisotopic (exact) mass is 494 g/mol. The van der Waals surface area contributed by atoms with Crippen LogP contribution in [0.2, 0.25) is 5.02 Å². The van der Waals surface area contributed by atoms with Crippen molar-refractivity contribution in [3.05, 3.63) is 106 Å². The number of aromatic amines is 1. The minimum Gasteiger partial charge on any atom is -0.361 e. The van der Waals surface area contributed by atoms with Crippen molar-refractivity contribution in [1.82, 2.24) is 10.3 Å². The Morgan fingerprint density at radius 2 is 1.71 bits per heavy atom. The maximum Gasteiger partial charge on any atom is 0.123 e. The largest absolute Gasteiger partial charge is 0.361 e. The average molecular weight is 495 g/mol. The molecule has 0 amide bonds. The van der Waals surface area contributed by atoms with Crippen LogP contribution in [0.4, 0.5) is 8.78 Å². The molecule has 0 saturated heterocycles. The van der Waals surface area contributed by atoms with Crippen LogP contribution in [0.1, 0.15) is 47.9 Å². The van der Waals surface area contributed by atoms with Gasteiger partial charge in [-0.3, -0.25) is 0 Å². The Morgan fingerprint density at radius 3 is 2.57 bits per heavy atom. The second-order valence-corrected chi connectivity index (χ2v) is 9.67. The first-order chi connectivity index (χ1) is 17.0. The van der Waals surface area contributed by atoms with Crippen LogP contribution in [-0.4, -0.2) is 18.1 Å². The average Bonchev–Trinajstić information content (AvgIpc) is 3.42. The van der Waals surface area contributed by atoms with Gasteiger partial charge in [-0.2, -0.15) is 0 Å². The zero-order valence-corrected chi connectivity index (χ0v) is 20.3. The Kier molecular flexibility index (Phi) is 7.19. The van der Waals surface area contributed by atoms with Gasteiger partial charge in [0.1, 0.15) is 17.2 Å². The molecule has 1 aliphatic rings. The van der Waals surface area contributed by atoms with Crippen molar-refractivity contribution in [3.63, 3.8) is 0 Å². The molecule has 0 radical (unpaired) electrons. The Morgan fingerprint density at radius 1 is 0.914 bits per heavy atom. The zero-order valence-electron chi connectivity index (χ0n) is 19.5. The number of rotatable bonds is 10. The highest BCUT2D eigenvalue weighted by Crippen LogP contribution is 2.45. The summed E-state index contributed by atoms with van der Waals surface area (Å²) in [5.74, 6) is -0.543. The number of aromatic nitrogens is 1. The molecule has 3 nitrogen and oxygen atoms in total. The van der Waals surface area contributed by atoms with Crippen LogP contribution in [0.5, 0.6) is 0 Å². The third-order valence-electron chi connectivity index (χ3n) is 6.95. The molecule has 1 unspecified atom stereocenters. The number of nitrogens with one attached hydrogen (secondary N) is 2. The third-order valence-corrected chi connectivity index (χ3v) is 7.18. The minimum atomic E-state index is -0.672. The Labute approximate surface area is 209 Å². The van der Waals surface area contributed by atoms with Crippen LogP contribution >= 0.6 is 11.6 Å². The fraction of sp³-hybridized carbons (Fsp3) is 0.310. The van der Waals surface area contributed by atoms with Gasteiger partial charge in [-0.25, -0.2) is 8.78 Å². The summed E-state index contributed by atoms with van der Waals surface area (Å²) in [6, 6.07) is 17.3. The van der Waals surface area contributed by atoms with Gasteiger partial charge in [-0.05, 0) is 110 Å². The van der Waals surface area contributed by atoms with E-state index in [1.54, 1.807) is 18.2 Å². The summed E-state index contributed by atoms with van der Waals surface area (Å²) in [6.07, 6.45) is 6.88. The first-order valence-corrected chi connectivity index (χ1v) is 12.6. The summed E-state index contributed by atoms with van der Waals surface area (Å²) in [6.45, 7) is 2.15. The third kappa shape index (κ3) is 5.13. The SMILES string of the molecule is Fc1ccc(C2(CCCNCCCCc3c[nH]c4ccc(Cl)cc34)OCc3cc(F)ccc32)cc1. The van der Waals surface area contributed by atoms with E-state index in [2.05, 4.69) is 16.5 Å². The lowest BCUT2D eigenvalue weighted by atomic mass is 9.82. The van der Waals surface area contributed by atoms with Crippen molar-refractivity contribution in [1.29, 1.82) is 0 Å². The van der Waals surface area contributed by atoms with Crippen molar-refractivity contribution in [3.8, 4) is 0 Å². The molecule has 35 heavy (non-hydrogen) atoms. The highest BCUT2D eigenvalue weighted by atomic mass is 35.5. The van der Waals surface area contributed by atoms with Gasteiger partial charge in [0.2, 0.25) is 0 Å². The molecule has 1 aromatic heterocycles. The first-order valence-electron chi connectivity index (χ1n) is 12.2. The molecule has 1 atom stereocenters. The number of aryl methyl sites for hydroxylation is 1. The molecular formula is C29H29ClF2N2O. The van der Waals surface area contributed by atoms with Gasteiger partial charge in [-0.1, -0.05) is 29.8 Å². The second-order valence-electron chi connectivity index (χ2n) is 9.24. The number of hydrogen-bond acceptors (Lipinski definition) is 2. The highest BCUT2D eigenvalue weighted by Gasteiger charge is 2.41. The Hall–Kier alpha value is -2.73. The molecule has 0 spiro atoms. The van der Waals surface area contributed by atoms with E-state index in [1.807, 2.05) is 24.3 Å². The van der Waals surface area contributed by atoms with E-state index in [-0.39, 0.29) is 11.6 Å². The molecule has 0 fully saturated rings. The maximum atomic E-state index is 13.8. The fourth-order valence-corrected chi connectivity index (χ4v) is 5.35. The molecule has 3 aromatic carbocycles. The normalized spacial score (nSPS) is 17.2. The smallest absolute Gasteiger partial charge is 0.123 e. The number of halogens is 3. The quantitative estimate of drug-likeness (QED) is 0.227. The van der Waals surface area contributed by atoms with Gasteiger partial charge >= 0.3 is 0 Å². The highest BCUT2D eigenvalue weighted by molar-refractivity contribution is 6.31. The Bertz CT molecular complexity index is 1300. The van der Waals surface area contributed by atoms with Crippen LogP contribution < -0.4 is 5.32 Å². The fourth-order valence-electron chi connectivity index (χ4n) is 5.17. The summed E-state index contributed by atoms with van der Waals surface area (Å²) < 4.78 is 33.7. The van der Waals surface area contributed by atoms with Gasteiger partial charge in [0, 0.05) is 22.1 Å². The molecule has 4 aromatic rings. The number of fused-ring (bicyclic) bond motifs is 2. The van der Waals surface area contributed by atoms with E-state index in [0.29, 0.717) is 6.61 Å². The van der Waals surface area contributed by atoms with Crippen LogP contribution in [-0.2, 0) is 23.4 Å². The number of hydrogen-bond donors (Lipinski definition) is 2. The van der Waals surface area contributed by atoms with Gasteiger partial charge in [0.25, 0.3) is 0 Å². The number of benzene rings is 3. The summed E-state index contributed by atoms with van der Waals surface area (Å²) in [4.78, 5) is 3.31. The summed E-state index contributed by atoms with van der Waals surface area (Å²) in [5, 5.41) is 5.51. The van der Waals surface area contributed by atoms with Crippen molar-refractivity contribution < 1.29 is 13.5 Å². The van der Waals surface area contributed by atoms with Crippen LogP contribution in [0, 0.1) is 11.6 Å². The van der Waals surface area contributed by atoms with Crippen LogP contribution in [0.15, 0.2) is 66.9 Å². The number of ether oxygens (including phenoxy) is 1. The second kappa shape index (κ2) is 10.5. The van der Waals surface area contributed by atoms with Crippen LogP contribution in [0.3, 0.4) is 0 Å². The summed E-state index contributed by atoms with van der Waals surface area (Å²) in [5.41, 5.74) is 4.50. The lowest BCUT2D eigenvalue weighted by Crippen LogP contribution is -2.29. The molecule has 1 aliphatic heterocycles. The molecule has 0 bridgehead atoms. The van der Waals surface area contributed by atoms with E-state index >= 15 is 0 Å². The lowest BCUT2D eigenvalue weighted by Gasteiger charge is -2.30. The molecule has 0 saturated carbocycles. The summed E-state index contributed by atoms with van der Waals surface area (Å²) >= 11 is 6.15. The van der Waals surface area contributed by atoms with Gasteiger partial charge < -0.3 is 15.0 Å². The van der Waals surface area contributed by atoms with Gasteiger partial charge in [0.15, 0.2) is 0 Å². The zero-order chi connectivity index (χ0) is 24.3. The Balaban J connectivity index is 1.13. The van der Waals surface area contributed by atoms with E-state index < -0.39 is 5.60 Å². The molecule has 0 aliphatic carbocycles. The van der Waals surface area contributed by atoms with Crippen molar-refractivity contribution in [2.75, 3.05) is 13.1 Å². The van der Waals surface area contributed by atoms with Crippen LogP contribution in [0.25, 0.3) is 10.9 Å². The van der Waals surface area contributed by atoms with Crippen molar-refractivity contribution in [2.24, 2.45) is 0 Å². The molecule has 5 rings (SSSR count). The topological polar surface area (TPSA) is 37.0 Å². The predicted molar refractivity (Wildman–Crippen MR) is 137 cm³/mol. The first kappa shape index (κ1) is 24.0. The molecule has 2 N–H and O–H groups in total. The summed E-state index contributed by atoms with van der Waals surface area (Å²) in [7, 11) is 0. The van der Waals surface area contributed by atoms with Crippen molar-refractivity contribution in [2.45, 2.75) is 44.3 Å². The van der Waals surface area contributed by atoms with Gasteiger partial charge in [0.05, 0.1) is 6.61 Å². The van der Waals surface area contributed by atoms with E-state index in [9.17, 15) is 8.78 Å². The predicted octanol–water partition coefficient (Wildman–Crippen LogP) is 7.27. The number of unbranched alkanes of at least 4 members (excludes halogenated alkanes) is 1. The number of H-pyrrole nitrogens is 1. The van der Waals surface area contributed by atoms with Gasteiger partial charge in [-0.15, -0.1) is 0 Å². The maximum absolute atomic E-state index is 13.8. The molecule has 2 heterocycles. The van der Waals surface area contributed by atoms with E-state index in [0.717, 1.165) is 72.4 Å². The lowest BCUT2D eigenvalue weighted by molar-refractivity contribution is -0.0129.